The smallest absolute Gasteiger partial charge is 0.122 e. The molecule has 4 heteroatoms. The van der Waals surface area contributed by atoms with Gasteiger partial charge in [0.1, 0.15) is 49.4 Å². The van der Waals surface area contributed by atoms with E-state index in [1.54, 1.807) is 24.3 Å². The second kappa shape index (κ2) is 16.4. The average molecular weight is 615 g/mol. The molecule has 0 atom stereocenters. The zero-order valence-electron chi connectivity index (χ0n) is 27.7. The Kier molecular flexibility index (Phi) is 12.1. The molecule has 46 heavy (non-hydrogen) atoms. The molecule has 0 amide bonds. The summed E-state index contributed by atoms with van der Waals surface area (Å²) in [5, 5.41) is 0. The van der Waals surface area contributed by atoms with E-state index in [9.17, 15) is 0 Å². The predicted molar refractivity (Wildman–Crippen MR) is 191 cm³/mol. The van der Waals surface area contributed by atoms with Gasteiger partial charge in [0.2, 0.25) is 0 Å². The van der Waals surface area contributed by atoms with Crippen LogP contribution in [-0.2, 0) is 0 Å². The van der Waals surface area contributed by atoms with Crippen LogP contribution in [0.1, 0.15) is 56.3 Å². The van der Waals surface area contributed by atoms with Gasteiger partial charge < -0.3 is 18.9 Å². The largest absolute Gasteiger partial charge is 0.489 e. The number of ether oxygens (including phenoxy) is 4. The lowest BCUT2D eigenvalue weighted by molar-refractivity contribution is 0.359. The molecule has 0 aliphatic heterocycles. The first-order valence-corrected chi connectivity index (χ1v) is 15.7. The Morgan fingerprint density at radius 3 is 0.804 bits per heavy atom. The highest BCUT2D eigenvalue weighted by Gasteiger charge is 2.30. The molecule has 0 N–H and O–H groups in total. The topological polar surface area (TPSA) is 36.9 Å². The fraction of sp³-hybridized carbons (Fsp3) is 0.238. The molecular formula is C42H46O4. The second-order valence-corrected chi connectivity index (χ2v) is 11.5. The van der Waals surface area contributed by atoms with Gasteiger partial charge in [-0.2, -0.15) is 0 Å². The number of hydrogen-bond acceptors (Lipinski definition) is 4. The summed E-state index contributed by atoms with van der Waals surface area (Å²) in [6, 6.07) is 26.0. The molecule has 4 rings (SSSR count). The van der Waals surface area contributed by atoms with Crippen molar-refractivity contribution in [1.82, 2.24) is 0 Å². The lowest BCUT2D eigenvalue weighted by Gasteiger charge is -2.31. The number of rotatable bonds is 17. The maximum absolute atomic E-state index is 5.97. The minimum atomic E-state index is -0.0435. The first-order chi connectivity index (χ1) is 22.3. The molecule has 4 aromatic carbocycles. The van der Waals surface area contributed by atoms with Crippen molar-refractivity contribution in [2.45, 2.75) is 39.5 Å². The van der Waals surface area contributed by atoms with Gasteiger partial charge in [0.15, 0.2) is 0 Å². The van der Waals surface area contributed by atoms with E-state index < -0.39 is 0 Å². The van der Waals surface area contributed by atoms with E-state index in [1.807, 2.05) is 0 Å². The fourth-order valence-electron chi connectivity index (χ4n) is 5.86. The average Bonchev–Trinajstić information content (AvgIpc) is 3.05. The lowest BCUT2D eigenvalue weighted by Crippen LogP contribution is -2.16. The predicted octanol–water partition coefficient (Wildman–Crippen LogP) is 10.1. The van der Waals surface area contributed by atoms with Gasteiger partial charge in [0.05, 0.1) is 0 Å². The molecule has 4 aromatic rings. The van der Waals surface area contributed by atoms with Crippen LogP contribution in [0.15, 0.2) is 123 Å². The monoisotopic (exact) mass is 614 g/mol. The van der Waals surface area contributed by atoms with Crippen LogP contribution in [0.5, 0.6) is 23.0 Å². The molecule has 0 unspecified atom stereocenters. The summed E-state index contributed by atoms with van der Waals surface area (Å²) in [6.45, 7) is 25.4. The summed E-state index contributed by atoms with van der Waals surface area (Å²) in [6.07, 6.45) is 7.06. The Morgan fingerprint density at radius 1 is 0.413 bits per heavy atom. The molecule has 0 bridgehead atoms. The summed E-state index contributed by atoms with van der Waals surface area (Å²) in [5.41, 5.74) is 9.01. The van der Waals surface area contributed by atoms with Crippen molar-refractivity contribution >= 4 is 0 Å². The van der Waals surface area contributed by atoms with Crippen molar-refractivity contribution in [3.8, 4) is 23.0 Å². The Hall–Kier alpha value is -4.96. The molecule has 238 valence electrons. The van der Waals surface area contributed by atoms with Gasteiger partial charge in [0.25, 0.3) is 0 Å². The molecule has 4 nitrogen and oxygen atoms in total. The van der Waals surface area contributed by atoms with Crippen LogP contribution in [0.4, 0.5) is 0 Å². The quantitative estimate of drug-likeness (QED) is 0.111. The highest BCUT2D eigenvalue weighted by molar-refractivity contribution is 5.52. The van der Waals surface area contributed by atoms with Crippen molar-refractivity contribution in [2.75, 3.05) is 26.4 Å². The van der Waals surface area contributed by atoms with Crippen molar-refractivity contribution in [3.05, 3.63) is 168 Å². The van der Waals surface area contributed by atoms with E-state index in [-0.39, 0.29) is 11.8 Å². The standard InChI is InChI=1S/C42H46O4/c1-9-21-43-37-17-13-33(25-29(37)5)41(34-14-18-38(30(6)26-34)44-22-10-2)42(35-15-19-39(31(7)27-35)45-23-11-3)36-16-20-40(32(8)28-36)46-24-12-4/h9-20,25-28,41-42H,1-4,21-24H2,5-8H3. The summed E-state index contributed by atoms with van der Waals surface area (Å²) >= 11 is 0. The lowest BCUT2D eigenvalue weighted by atomic mass is 9.72. The number of benzene rings is 4. The third-order valence-corrected chi connectivity index (χ3v) is 7.99. The SMILES string of the molecule is C=CCOc1ccc(C(c2ccc(OCC=C)c(C)c2)C(c2ccc(OCC=C)c(C)c2)c2ccc(OCC=C)c(C)c2)cc1C. The van der Waals surface area contributed by atoms with E-state index in [0.29, 0.717) is 26.4 Å². The van der Waals surface area contributed by atoms with Crippen molar-refractivity contribution in [1.29, 1.82) is 0 Å². The van der Waals surface area contributed by atoms with Gasteiger partial charge in [-0.1, -0.05) is 99.2 Å². The Balaban J connectivity index is 1.96. The van der Waals surface area contributed by atoms with Crippen LogP contribution < -0.4 is 18.9 Å². The van der Waals surface area contributed by atoms with Gasteiger partial charge >= 0.3 is 0 Å². The molecular weight excluding hydrogens is 568 g/mol. The fourth-order valence-corrected chi connectivity index (χ4v) is 5.86. The Morgan fingerprint density at radius 2 is 0.630 bits per heavy atom. The van der Waals surface area contributed by atoms with Crippen LogP contribution in [-0.4, -0.2) is 26.4 Å². The summed E-state index contributed by atoms with van der Waals surface area (Å²) < 4.78 is 23.9. The van der Waals surface area contributed by atoms with Crippen molar-refractivity contribution in [2.24, 2.45) is 0 Å². The molecule has 0 heterocycles. The van der Waals surface area contributed by atoms with Crippen molar-refractivity contribution in [3.63, 3.8) is 0 Å². The molecule has 0 aliphatic rings. The number of aryl methyl sites for hydroxylation is 4. The van der Waals surface area contributed by atoms with Gasteiger partial charge in [-0.15, -0.1) is 0 Å². The normalized spacial score (nSPS) is 10.8. The molecule has 0 spiro atoms. The molecule has 0 fully saturated rings. The molecule has 0 aromatic heterocycles. The van der Waals surface area contributed by atoms with E-state index in [1.165, 1.54) is 22.3 Å². The summed E-state index contributed by atoms with van der Waals surface area (Å²) in [7, 11) is 0. The zero-order valence-corrected chi connectivity index (χ0v) is 27.7. The van der Waals surface area contributed by atoms with Crippen molar-refractivity contribution < 1.29 is 18.9 Å². The molecule has 0 saturated carbocycles. The van der Waals surface area contributed by atoms with Crippen LogP contribution >= 0.6 is 0 Å². The minimum absolute atomic E-state index is 0.0435. The van der Waals surface area contributed by atoms with E-state index in [0.717, 1.165) is 45.3 Å². The maximum Gasteiger partial charge on any atom is 0.122 e. The highest BCUT2D eigenvalue weighted by atomic mass is 16.5. The molecule has 0 saturated heterocycles. The van der Waals surface area contributed by atoms with E-state index >= 15 is 0 Å². The van der Waals surface area contributed by atoms with Gasteiger partial charge in [-0.05, 0) is 96.5 Å². The van der Waals surface area contributed by atoms with Gasteiger partial charge in [0, 0.05) is 11.8 Å². The maximum atomic E-state index is 5.97. The van der Waals surface area contributed by atoms with Gasteiger partial charge in [-0.3, -0.25) is 0 Å². The highest BCUT2D eigenvalue weighted by Crippen LogP contribution is 2.46. The van der Waals surface area contributed by atoms with Crippen LogP contribution in [0.2, 0.25) is 0 Å². The third kappa shape index (κ3) is 8.19. The summed E-state index contributed by atoms with van der Waals surface area (Å²) in [4.78, 5) is 0. The van der Waals surface area contributed by atoms with E-state index in [2.05, 4.69) is 127 Å². The van der Waals surface area contributed by atoms with Gasteiger partial charge in [-0.25, -0.2) is 0 Å². The second-order valence-electron chi connectivity index (χ2n) is 11.5. The van der Waals surface area contributed by atoms with Crippen LogP contribution in [0, 0.1) is 27.7 Å². The Bertz CT molecular complexity index is 1430. The number of hydrogen-bond donors (Lipinski definition) is 0. The minimum Gasteiger partial charge on any atom is -0.489 e. The molecule has 0 aliphatic carbocycles. The zero-order chi connectivity index (χ0) is 33.1. The van der Waals surface area contributed by atoms with E-state index in [4.69, 9.17) is 18.9 Å². The van der Waals surface area contributed by atoms with Crippen LogP contribution in [0.3, 0.4) is 0 Å². The Labute approximate surface area is 275 Å². The first-order valence-electron chi connectivity index (χ1n) is 15.7. The third-order valence-electron chi connectivity index (χ3n) is 7.99. The van der Waals surface area contributed by atoms with Crippen LogP contribution in [0.25, 0.3) is 0 Å². The summed E-state index contributed by atoms with van der Waals surface area (Å²) in [5.74, 6) is 3.31. The molecule has 0 radical (unpaired) electrons. The first kappa shape index (κ1) is 33.9.